The number of para-hydroxylation sites is 1. The molecule has 0 fully saturated rings. The molecule has 0 aliphatic rings. The number of carbonyl (C=O) groups excluding carboxylic acids is 3. The third-order valence-electron chi connectivity index (χ3n) is 5.40. The standard InChI is InChI=1S/C27H33N3O5/c1-8-30(25(33)22(16-31)29-26(34)35-27(5,6)7)23(20-14-11-13-17(2)19(20)4)24(32)28-21-15-10-9-12-18(21)3/h1,9-15,22-23,31H,16H2,2-7H3,(H,28,32)(H,29,34). The number of aryl methyl sites for hydroxylation is 2. The van der Waals surface area contributed by atoms with E-state index in [2.05, 4.69) is 16.7 Å². The van der Waals surface area contributed by atoms with E-state index in [0.29, 0.717) is 11.3 Å². The van der Waals surface area contributed by atoms with Gasteiger partial charge in [-0.25, -0.2) is 4.79 Å². The van der Waals surface area contributed by atoms with Gasteiger partial charge >= 0.3 is 6.09 Å². The van der Waals surface area contributed by atoms with Crippen LogP contribution < -0.4 is 10.6 Å². The van der Waals surface area contributed by atoms with E-state index < -0.39 is 42.2 Å². The summed E-state index contributed by atoms with van der Waals surface area (Å²) in [7, 11) is 0. The summed E-state index contributed by atoms with van der Waals surface area (Å²) in [5.74, 6) is -1.36. The summed E-state index contributed by atoms with van der Waals surface area (Å²) in [6.45, 7) is 9.83. The van der Waals surface area contributed by atoms with Gasteiger partial charge in [0.25, 0.3) is 11.8 Å². The first-order valence-electron chi connectivity index (χ1n) is 11.2. The van der Waals surface area contributed by atoms with Gasteiger partial charge in [0, 0.05) is 11.7 Å². The van der Waals surface area contributed by atoms with Gasteiger partial charge in [-0.05, 0) is 69.9 Å². The maximum absolute atomic E-state index is 13.6. The minimum atomic E-state index is -1.42. The number of nitrogens with one attached hydrogen (secondary N) is 2. The van der Waals surface area contributed by atoms with Gasteiger partial charge < -0.3 is 20.5 Å². The monoisotopic (exact) mass is 479 g/mol. The fourth-order valence-electron chi connectivity index (χ4n) is 3.45. The summed E-state index contributed by atoms with van der Waals surface area (Å²) in [6.07, 6.45) is 4.84. The molecule has 0 heterocycles. The summed E-state index contributed by atoms with van der Waals surface area (Å²) in [6, 6.07) is 12.2. The van der Waals surface area contributed by atoms with Crippen LogP contribution in [0.4, 0.5) is 10.5 Å². The number of ether oxygens (including phenoxy) is 1. The first-order valence-corrected chi connectivity index (χ1v) is 11.2. The molecular weight excluding hydrogens is 446 g/mol. The first kappa shape index (κ1) is 27.4. The number of amides is 3. The van der Waals surface area contributed by atoms with Crippen molar-refractivity contribution in [3.63, 3.8) is 0 Å². The lowest BCUT2D eigenvalue weighted by Crippen LogP contribution is -2.52. The molecule has 2 rings (SSSR count). The van der Waals surface area contributed by atoms with Crippen molar-refractivity contribution < 1.29 is 24.2 Å². The number of hydrogen-bond donors (Lipinski definition) is 3. The van der Waals surface area contributed by atoms with Crippen LogP contribution in [0.5, 0.6) is 0 Å². The molecule has 0 aliphatic carbocycles. The molecule has 8 nitrogen and oxygen atoms in total. The topological polar surface area (TPSA) is 108 Å². The van der Waals surface area contributed by atoms with Crippen molar-refractivity contribution in [2.75, 3.05) is 11.9 Å². The van der Waals surface area contributed by atoms with E-state index in [1.165, 1.54) is 0 Å². The fraction of sp³-hybridized carbons (Fsp3) is 0.370. The number of carbonyl (C=O) groups is 3. The molecule has 0 aliphatic heterocycles. The molecule has 3 N–H and O–H groups in total. The quantitative estimate of drug-likeness (QED) is 0.415. The molecule has 2 unspecified atom stereocenters. The van der Waals surface area contributed by atoms with Crippen LogP contribution in [0.2, 0.25) is 0 Å². The Labute approximate surface area is 206 Å². The van der Waals surface area contributed by atoms with Crippen molar-refractivity contribution in [2.45, 2.75) is 59.2 Å². The van der Waals surface area contributed by atoms with Crippen LogP contribution >= 0.6 is 0 Å². The summed E-state index contributed by atoms with van der Waals surface area (Å²) in [5, 5.41) is 15.1. The maximum Gasteiger partial charge on any atom is 0.408 e. The van der Waals surface area contributed by atoms with Crippen molar-refractivity contribution in [1.82, 2.24) is 10.2 Å². The van der Waals surface area contributed by atoms with Crippen LogP contribution in [0, 0.1) is 33.2 Å². The van der Waals surface area contributed by atoms with Crippen LogP contribution in [0.1, 0.15) is 49.1 Å². The van der Waals surface area contributed by atoms with E-state index in [4.69, 9.17) is 11.2 Å². The molecule has 35 heavy (non-hydrogen) atoms. The number of aliphatic hydroxyl groups is 1. The molecule has 0 bridgehead atoms. The van der Waals surface area contributed by atoms with Crippen LogP contribution in [0.25, 0.3) is 0 Å². The lowest BCUT2D eigenvalue weighted by Gasteiger charge is -2.31. The van der Waals surface area contributed by atoms with Crippen molar-refractivity contribution in [3.05, 3.63) is 64.7 Å². The number of alkyl carbamates (subject to hydrolysis) is 1. The average molecular weight is 480 g/mol. The first-order chi connectivity index (χ1) is 16.4. The number of hydrogen-bond acceptors (Lipinski definition) is 5. The van der Waals surface area contributed by atoms with Gasteiger partial charge in [-0.2, -0.15) is 0 Å². The van der Waals surface area contributed by atoms with E-state index in [1.54, 1.807) is 45.0 Å². The van der Waals surface area contributed by atoms with Crippen molar-refractivity contribution in [1.29, 1.82) is 0 Å². The second-order valence-electron chi connectivity index (χ2n) is 9.21. The maximum atomic E-state index is 13.6. The molecule has 2 aromatic rings. The Balaban J connectivity index is 2.48. The summed E-state index contributed by atoms with van der Waals surface area (Å²) in [4.78, 5) is 40.1. The molecule has 0 saturated heterocycles. The third kappa shape index (κ3) is 7.08. The molecule has 186 valence electrons. The highest BCUT2D eigenvalue weighted by atomic mass is 16.6. The highest BCUT2D eigenvalue weighted by Crippen LogP contribution is 2.28. The van der Waals surface area contributed by atoms with Crippen molar-refractivity contribution in [3.8, 4) is 12.5 Å². The van der Waals surface area contributed by atoms with E-state index >= 15 is 0 Å². The summed E-state index contributed by atoms with van der Waals surface area (Å²) >= 11 is 0. The van der Waals surface area contributed by atoms with Gasteiger partial charge in [0.05, 0.1) is 6.61 Å². The molecular formula is C27H33N3O5. The second-order valence-corrected chi connectivity index (χ2v) is 9.21. The minimum Gasteiger partial charge on any atom is -0.444 e. The molecule has 8 heteroatoms. The zero-order chi connectivity index (χ0) is 26.3. The number of benzene rings is 2. The highest BCUT2D eigenvalue weighted by molar-refractivity contribution is 6.00. The Bertz CT molecular complexity index is 1130. The predicted octanol–water partition coefficient (Wildman–Crippen LogP) is 3.60. The second kappa shape index (κ2) is 11.5. The zero-order valence-corrected chi connectivity index (χ0v) is 21.0. The smallest absolute Gasteiger partial charge is 0.408 e. The van der Waals surface area contributed by atoms with Crippen LogP contribution in [0.15, 0.2) is 42.5 Å². The van der Waals surface area contributed by atoms with Crippen molar-refractivity contribution >= 4 is 23.6 Å². The molecule has 0 aromatic heterocycles. The normalized spacial score (nSPS) is 12.6. The van der Waals surface area contributed by atoms with Crippen molar-refractivity contribution in [2.24, 2.45) is 0 Å². The molecule has 2 atom stereocenters. The van der Waals surface area contributed by atoms with E-state index in [0.717, 1.165) is 21.6 Å². The number of aliphatic hydroxyl groups excluding tert-OH is 1. The molecule has 0 radical (unpaired) electrons. The Morgan fingerprint density at radius 1 is 1.06 bits per heavy atom. The van der Waals surface area contributed by atoms with Gasteiger partial charge in [0.1, 0.15) is 17.7 Å². The summed E-state index contributed by atoms with van der Waals surface area (Å²) in [5.41, 5.74) is 2.81. The Kier molecular flexibility index (Phi) is 9.04. The van der Waals surface area contributed by atoms with Gasteiger partial charge in [-0.15, -0.1) is 0 Å². The fourth-order valence-corrected chi connectivity index (χ4v) is 3.45. The molecule has 3 amide bonds. The van der Waals surface area contributed by atoms with Crippen LogP contribution in [-0.2, 0) is 14.3 Å². The molecule has 0 saturated carbocycles. The van der Waals surface area contributed by atoms with Gasteiger partial charge in [-0.3, -0.25) is 14.5 Å². The number of terminal acetylenes is 1. The SMILES string of the molecule is C#CN(C(=O)C(CO)NC(=O)OC(C)(C)C)C(C(=O)Nc1ccccc1C)c1cccc(C)c1C. The Morgan fingerprint density at radius 2 is 1.69 bits per heavy atom. The van der Waals surface area contributed by atoms with E-state index in [1.807, 2.05) is 39.0 Å². The third-order valence-corrected chi connectivity index (χ3v) is 5.40. The zero-order valence-electron chi connectivity index (χ0n) is 21.0. The van der Waals surface area contributed by atoms with Gasteiger partial charge in [0.15, 0.2) is 0 Å². The Hall–Kier alpha value is -3.83. The number of nitrogens with zero attached hydrogens (tertiary/aromatic N) is 1. The highest BCUT2D eigenvalue weighted by Gasteiger charge is 2.36. The van der Waals surface area contributed by atoms with E-state index in [-0.39, 0.29) is 0 Å². The minimum absolute atomic E-state index is 0.524. The molecule has 2 aromatic carbocycles. The largest absolute Gasteiger partial charge is 0.444 e. The lowest BCUT2D eigenvalue weighted by molar-refractivity contribution is -0.137. The number of rotatable bonds is 7. The molecule has 0 spiro atoms. The lowest BCUT2D eigenvalue weighted by atomic mass is 9.95. The van der Waals surface area contributed by atoms with Crippen LogP contribution in [0.3, 0.4) is 0 Å². The number of anilines is 1. The Morgan fingerprint density at radius 3 is 2.26 bits per heavy atom. The predicted molar refractivity (Wildman–Crippen MR) is 134 cm³/mol. The van der Waals surface area contributed by atoms with Gasteiger partial charge in [-0.1, -0.05) is 42.8 Å². The van der Waals surface area contributed by atoms with Gasteiger partial charge in [0.2, 0.25) is 0 Å². The van der Waals surface area contributed by atoms with Crippen LogP contribution in [-0.4, -0.2) is 46.2 Å². The van der Waals surface area contributed by atoms with E-state index in [9.17, 15) is 19.5 Å². The summed E-state index contributed by atoms with van der Waals surface area (Å²) < 4.78 is 5.19. The average Bonchev–Trinajstić information content (AvgIpc) is 2.78.